The zero-order valence-corrected chi connectivity index (χ0v) is 38.9. The zero-order chi connectivity index (χ0) is 48.5. The standard InChI is InChI=1S/C43H66ClN11O12/c1-55(30-32-29-50-38-36(51-32)37(45)53-41(46)54-38)33-11-9-31(10-12-33)39(57)52-34(40(58)59)13-14-35(56)47-16-6-4-7-17-48-42(60)66-27-25-64-23-24-65-26-28-67-43(61)49-18-20-63-22-21-62-19-8-3-2-5-15-44/h9-12,29,34H,2-8,13-28,30H2,1H3,(H,47,56)(H,48,60)(H,49,61)(H,52,57)(H,58,59)(H4,45,46,50,53,54). The molecule has 0 saturated carbocycles. The molecule has 24 heteroatoms. The lowest BCUT2D eigenvalue weighted by Crippen LogP contribution is -2.41. The summed E-state index contributed by atoms with van der Waals surface area (Å²) in [4.78, 5) is 79.4. The molecule has 3 rings (SSSR count). The molecule has 67 heavy (non-hydrogen) atoms. The van der Waals surface area contributed by atoms with Crippen LogP contribution in [-0.4, -0.2) is 160 Å². The van der Waals surface area contributed by atoms with Gasteiger partial charge in [0.1, 0.15) is 19.3 Å². The highest BCUT2D eigenvalue weighted by Gasteiger charge is 2.22. The Kier molecular flexibility index (Phi) is 27.8. The molecule has 2 aromatic heterocycles. The van der Waals surface area contributed by atoms with Gasteiger partial charge in [0.2, 0.25) is 11.9 Å². The predicted molar refractivity (Wildman–Crippen MR) is 249 cm³/mol. The Morgan fingerprint density at radius 3 is 1.94 bits per heavy atom. The van der Waals surface area contributed by atoms with Crippen LogP contribution < -0.4 is 37.6 Å². The molecule has 1 unspecified atom stereocenters. The lowest BCUT2D eigenvalue weighted by atomic mass is 10.1. The zero-order valence-electron chi connectivity index (χ0n) is 38.1. The molecule has 2 heterocycles. The first-order valence-corrected chi connectivity index (χ1v) is 22.8. The molecule has 372 valence electrons. The van der Waals surface area contributed by atoms with E-state index in [9.17, 15) is 29.1 Å². The van der Waals surface area contributed by atoms with Crippen LogP contribution in [0, 0.1) is 0 Å². The third-order valence-electron chi connectivity index (χ3n) is 9.53. The van der Waals surface area contributed by atoms with Crippen LogP contribution in [0.25, 0.3) is 11.2 Å². The molecule has 3 aromatic rings. The molecule has 1 atom stereocenters. The number of anilines is 3. The summed E-state index contributed by atoms with van der Waals surface area (Å²) in [5.74, 6) is -1.37. The van der Waals surface area contributed by atoms with E-state index in [-0.39, 0.29) is 81.4 Å². The summed E-state index contributed by atoms with van der Waals surface area (Å²) in [7, 11) is 1.82. The first-order valence-electron chi connectivity index (χ1n) is 22.3. The summed E-state index contributed by atoms with van der Waals surface area (Å²) in [6.07, 6.45) is 6.48. The van der Waals surface area contributed by atoms with Crippen molar-refractivity contribution in [2.45, 2.75) is 70.4 Å². The van der Waals surface area contributed by atoms with E-state index >= 15 is 0 Å². The van der Waals surface area contributed by atoms with E-state index in [2.05, 4.69) is 41.2 Å². The van der Waals surface area contributed by atoms with Crippen LogP contribution in [0.5, 0.6) is 0 Å². The molecule has 0 aliphatic rings. The van der Waals surface area contributed by atoms with Gasteiger partial charge in [-0.2, -0.15) is 9.97 Å². The normalized spacial score (nSPS) is 11.4. The molecule has 9 N–H and O–H groups in total. The fourth-order valence-electron chi connectivity index (χ4n) is 5.98. The monoisotopic (exact) mass is 963 g/mol. The maximum absolute atomic E-state index is 12.9. The Bertz CT molecular complexity index is 1940. The number of ether oxygens (including phenoxy) is 6. The smallest absolute Gasteiger partial charge is 0.407 e. The number of alkyl halides is 1. The minimum atomic E-state index is -1.27. The highest BCUT2D eigenvalue weighted by molar-refractivity contribution is 6.17. The lowest BCUT2D eigenvalue weighted by molar-refractivity contribution is -0.139. The van der Waals surface area contributed by atoms with Crippen molar-refractivity contribution in [3.8, 4) is 0 Å². The summed E-state index contributed by atoms with van der Waals surface area (Å²) in [5, 5.41) is 20.2. The molecular formula is C43H66ClN11O12. The topological polar surface area (TPSA) is 316 Å². The maximum atomic E-state index is 12.9. The maximum Gasteiger partial charge on any atom is 0.407 e. The number of aromatic nitrogens is 4. The molecular weight excluding hydrogens is 898 g/mol. The predicted octanol–water partition coefficient (Wildman–Crippen LogP) is 2.79. The van der Waals surface area contributed by atoms with Gasteiger partial charge in [-0.25, -0.2) is 24.4 Å². The first kappa shape index (κ1) is 55.4. The number of amides is 4. The van der Waals surface area contributed by atoms with Crippen molar-refractivity contribution in [1.29, 1.82) is 0 Å². The molecule has 23 nitrogen and oxygen atoms in total. The summed E-state index contributed by atoms with van der Waals surface area (Å²) < 4.78 is 31.7. The summed E-state index contributed by atoms with van der Waals surface area (Å²) in [6, 6.07) is 5.29. The molecule has 0 spiro atoms. The highest BCUT2D eigenvalue weighted by Crippen LogP contribution is 2.19. The number of hydrogen-bond donors (Lipinski definition) is 7. The third-order valence-corrected chi connectivity index (χ3v) is 9.80. The number of nitrogens with one attached hydrogen (secondary N) is 4. The van der Waals surface area contributed by atoms with Crippen LogP contribution in [0.1, 0.15) is 73.8 Å². The van der Waals surface area contributed by atoms with Crippen molar-refractivity contribution in [3.05, 3.63) is 41.7 Å². The van der Waals surface area contributed by atoms with Gasteiger partial charge < -0.3 is 71.2 Å². The van der Waals surface area contributed by atoms with Gasteiger partial charge in [0, 0.05) is 56.8 Å². The van der Waals surface area contributed by atoms with Gasteiger partial charge in [-0.3, -0.25) is 9.59 Å². The number of nitrogen functional groups attached to an aromatic ring is 2. The number of benzene rings is 1. The van der Waals surface area contributed by atoms with Gasteiger partial charge in [-0.15, -0.1) is 11.6 Å². The van der Waals surface area contributed by atoms with Crippen LogP contribution in [-0.2, 0) is 44.6 Å². The number of halogens is 1. The van der Waals surface area contributed by atoms with E-state index in [4.69, 9.17) is 51.5 Å². The second-order valence-electron chi connectivity index (χ2n) is 14.9. The highest BCUT2D eigenvalue weighted by atomic mass is 35.5. The van der Waals surface area contributed by atoms with Gasteiger partial charge in [0.15, 0.2) is 17.0 Å². The Morgan fingerprint density at radius 1 is 0.701 bits per heavy atom. The Balaban J connectivity index is 1.12. The Hall–Kier alpha value is -5.88. The van der Waals surface area contributed by atoms with Crippen LogP contribution >= 0.6 is 11.6 Å². The summed E-state index contributed by atoms with van der Waals surface area (Å²) in [5.41, 5.74) is 13.8. The van der Waals surface area contributed by atoms with Gasteiger partial charge >= 0.3 is 18.2 Å². The number of carboxylic acid groups (broad SMARTS) is 1. The van der Waals surface area contributed by atoms with E-state index in [0.717, 1.165) is 31.4 Å². The largest absolute Gasteiger partial charge is 0.480 e. The quantitative estimate of drug-likeness (QED) is 0.0325. The number of aliphatic carboxylic acids is 1. The SMILES string of the molecule is CN(Cc1cnc2nc(N)nc(N)c2n1)c1ccc(C(=O)NC(CCC(=O)NCCCCCNC(=O)OCCOCCOCCOC(=O)NCCOCCOCCCCCCCl)C(=O)O)cc1. The number of alkyl carbamates (subject to hydrolysis) is 2. The van der Waals surface area contributed by atoms with Crippen molar-refractivity contribution >= 4 is 70.2 Å². The minimum Gasteiger partial charge on any atom is -0.480 e. The van der Waals surface area contributed by atoms with E-state index in [1.165, 1.54) is 0 Å². The van der Waals surface area contributed by atoms with Crippen LogP contribution in [0.4, 0.5) is 27.0 Å². The number of nitrogens with two attached hydrogens (primary N) is 2. The van der Waals surface area contributed by atoms with Crippen LogP contribution in [0.3, 0.4) is 0 Å². The van der Waals surface area contributed by atoms with Gasteiger partial charge in [-0.05, 0) is 62.8 Å². The van der Waals surface area contributed by atoms with Crippen LogP contribution in [0.15, 0.2) is 30.5 Å². The molecule has 4 amide bonds. The fraction of sp³-hybridized carbons (Fsp3) is 0.605. The second-order valence-corrected chi connectivity index (χ2v) is 15.3. The van der Waals surface area contributed by atoms with Crippen molar-refractivity contribution < 1.29 is 57.5 Å². The molecule has 0 aliphatic heterocycles. The number of rotatable bonds is 36. The van der Waals surface area contributed by atoms with Crippen molar-refractivity contribution in [3.63, 3.8) is 0 Å². The van der Waals surface area contributed by atoms with Crippen molar-refractivity contribution in [1.82, 2.24) is 41.2 Å². The van der Waals surface area contributed by atoms with Gasteiger partial charge in [0.25, 0.3) is 5.91 Å². The lowest BCUT2D eigenvalue weighted by Gasteiger charge is -2.19. The number of carboxylic acids is 1. The van der Waals surface area contributed by atoms with Crippen molar-refractivity contribution in [2.75, 3.05) is 115 Å². The van der Waals surface area contributed by atoms with Gasteiger partial charge in [0.05, 0.1) is 64.7 Å². The minimum absolute atomic E-state index is 0.00352. The molecule has 0 aliphatic carbocycles. The number of hydrogen-bond acceptors (Lipinski definition) is 18. The second kappa shape index (κ2) is 33.6. The van der Waals surface area contributed by atoms with E-state index in [1.54, 1.807) is 30.5 Å². The number of carbonyl (C=O) groups is 5. The number of nitrogens with zero attached hydrogens (tertiary/aromatic N) is 5. The molecule has 0 saturated heterocycles. The number of carbonyl (C=O) groups excluding carboxylic acids is 4. The average Bonchev–Trinajstić information content (AvgIpc) is 3.31. The summed E-state index contributed by atoms with van der Waals surface area (Å²) in [6.45, 7) is 4.50. The molecule has 1 aromatic carbocycles. The number of unbranched alkanes of at least 4 members (excludes halogenated alkanes) is 5. The van der Waals surface area contributed by atoms with E-state index < -0.39 is 30.1 Å². The van der Waals surface area contributed by atoms with Crippen LogP contribution in [0.2, 0.25) is 0 Å². The van der Waals surface area contributed by atoms with E-state index in [0.29, 0.717) is 89.0 Å². The van der Waals surface area contributed by atoms with Gasteiger partial charge in [-0.1, -0.05) is 12.8 Å². The van der Waals surface area contributed by atoms with E-state index in [1.807, 2.05) is 11.9 Å². The fourth-order valence-corrected chi connectivity index (χ4v) is 6.17. The third kappa shape index (κ3) is 24.5. The Morgan fingerprint density at radius 2 is 1.28 bits per heavy atom. The molecule has 0 radical (unpaired) electrons. The van der Waals surface area contributed by atoms with Crippen molar-refractivity contribution in [2.24, 2.45) is 0 Å². The first-order chi connectivity index (χ1) is 32.5. The average molecular weight is 965 g/mol. The number of fused-ring (bicyclic) bond motifs is 1. The Labute approximate surface area is 395 Å². The molecule has 0 fully saturated rings. The summed E-state index contributed by atoms with van der Waals surface area (Å²) >= 11 is 5.65. The molecule has 0 bridgehead atoms.